The number of carbonyl (C=O) groups excluding carboxylic acids is 1. The second-order valence-electron chi connectivity index (χ2n) is 7.85. The fourth-order valence-electron chi connectivity index (χ4n) is 3.64. The molecule has 5 nitrogen and oxygen atoms in total. The maximum Gasteiger partial charge on any atom is 0.261 e. The van der Waals surface area contributed by atoms with E-state index in [4.69, 9.17) is 9.47 Å². The minimum atomic E-state index is 0.0292. The maximum absolute atomic E-state index is 12.7. The highest BCUT2D eigenvalue weighted by atomic mass is 32.1. The van der Waals surface area contributed by atoms with Crippen molar-refractivity contribution in [3.05, 3.63) is 46.9 Å². The first-order valence-corrected chi connectivity index (χ1v) is 11.1. The van der Waals surface area contributed by atoms with E-state index in [0.29, 0.717) is 13.2 Å². The Balaban J connectivity index is 1.34. The lowest BCUT2D eigenvalue weighted by molar-refractivity contribution is 0.0918. The number of hydrogen-bond donors (Lipinski definition) is 1. The summed E-state index contributed by atoms with van der Waals surface area (Å²) in [6, 6.07) is 10.1. The van der Waals surface area contributed by atoms with Gasteiger partial charge in [0.1, 0.15) is 13.2 Å². The number of likely N-dealkylation sites (tertiary alicyclic amines) is 1. The van der Waals surface area contributed by atoms with Gasteiger partial charge in [-0.1, -0.05) is 11.6 Å². The SMILES string of the molecule is CC(C)=CCN1CCC(NC(=O)c2ccc(-c3ccc4c(c3)OCCO4)s2)CC1. The molecule has 1 N–H and O–H groups in total. The second kappa shape index (κ2) is 9.01. The summed E-state index contributed by atoms with van der Waals surface area (Å²) in [6.45, 7) is 8.49. The van der Waals surface area contributed by atoms with E-state index in [1.54, 1.807) is 0 Å². The van der Waals surface area contributed by atoms with Crippen LogP contribution in [0, 0.1) is 0 Å². The maximum atomic E-state index is 12.7. The number of allylic oxidation sites excluding steroid dienone is 1. The molecule has 1 aromatic heterocycles. The Morgan fingerprint density at radius 3 is 2.66 bits per heavy atom. The first-order chi connectivity index (χ1) is 14.1. The standard InChI is InChI=1S/C23H28N2O3S/c1-16(2)7-10-25-11-8-18(9-12-25)24-23(26)22-6-5-21(29-22)17-3-4-19-20(15-17)28-14-13-27-19/h3-7,15,18H,8-14H2,1-2H3,(H,24,26). The summed E-state index contributed by atoms with van der Waals surface area (Å²) in [6.07, 6.45) is 4.27. The molecule has 4 rings (SSSR count). The number of amides is 1. The molecule has 6 heteroatoms. The van der Waals surface area contributed by atoms with E-state index in [2.05, 4.69) is 30.1 Å². The van der Waals surface area contributed by atoms with Crippen molar-refractivity contribution in [1.29, 1.82) is 0 Å². The van der Waals surface area contributed by atoms with Gasteiger partial charge in [-0.3, -0.25) is 9.69 Å². The molecule has 1 saturated heterocycles. The summed E-state index contributed by atoms with van der Waals surface area (Å²) < 4.78 is 11.3. The number of nitrogens with zero attached hydrogens (tertiary/aromatic N) is 1. The molecule has 0 aliphatic carbocycles. The van der Waals surface area contributed by atoms with E-state index in [9.17, 15) is 4.79 Å². The van der Waals surface area contributed by atoms with Crippen LogP contribution in [-0.4, -0.2) is 49.7 Å². The van der Waals surface area contributed by atoms with Gasteiger partial charge in [0.15, 0.2) is 11.5 Å². The van der Waals surface area contributed by atoms with Crippen molar-refractivity contribution in [2.45, 2.75) is 32.7 Å². The number of piperidine rings is 1. The number of benzene rings is 1. The van der Waals surface area contributed by atoms with Gasteiger partial charge in [0.25, 0.3) is 5.91 Å². The van der Waals surface area contributed by atoms with Crippen LogP contribution in [0.25, 0.3) is 10.4 Å². The Morgan fingerprint density at radius 2 is 1.90 bits per heavy atom. The molecule has 3 heterocycles. The van der Waals surface area contributed by atoms with Crippen LogP contribution < -0.4 is 14.8 Å². The third-order valence-corrected chi connectivity index (χ3v) is 6.47. The topological polar surface area (TPSA) is 50.8 Å². The highest BCUT2D eigenvalue weighted by Crippen LogP contribution is 2.36. The molecule has 0 spiro atoms. The molecule has 2 aliphatic heterocycles. The van der Waals surface area contributed by atoms with Crippen LogP contribution >= 0.6 is 11.3 Å². The number of carbonyl (C=O) groups is 1. The van der Waals surface area contributed by atoms with E-state index in [1.807, 2.05) is 30.3 Å². The first kappa shape index (κ1) is 20.0. The summed E-state index contributed by atoms with van der Waals surface area (Å²) >= 11 is 1.52. The monoisotopic (exact) mass is 412 g/mol. The zero-order valence-electron chi connectivity index (χ0n) is 17.1. The minimum absolute atomic E-state index is 0.0292. The van der Waals surface area contributed by atoms with Crippen LogP contribution in [-0.2, 0) is 0 Å². The number of thiophene rings is 1. The molecule has 2 aromatic rings. The number of nitrogens with one attached hydrogen (secondary N) is 1. The molecule has 154 valence electrons. The van der Waals surface area contributed by atoms with Crippen LogP contribution in [0.3, 0.4) is 0 Å². The highest BCUT2D eigenvalue weighted by Gasteiger charge is 2.21. The molecular formula is C23H28N2O3S. The van der Waals surface area contributed by atoms with Gasteiger partial charge in [-0.2, -0.15) is 0 Å². The van der Waals surface area contributed by atoms with E-state index in [0.717, 1.165) is 59.3 Å². The molecule has 29 heavy (non-hydrogen) atoms. The fourth-order valence-corrected chi connectivity index (χ4v) is 4.55. The van der Waals surface area contributed by atoms with Crippen LogP contribution in [0.5, 0.6) is 11.5 Å². The summed E-state index contributed by atoms with van der Waals surface area (Å²) in [7, 11) is 0. The Bertz CT molecular complexity index is 893. The van der Waals surface area contributed by atoms with E-state index in [-0.39, 0.29) is 11.9 Å². The van der Waals surface area contributed by atoms with E-state index < -0.39 is 0 Å². The van der Waals surface area contributed by atoms with Gasteiger partial charge in [0.2, 0.25) is 0 Å². The predicted octanol–water partition coefficient (Wildman–Crippen LogP) is 4.35. The third-order valence-electron chi connectivity index (χ3n) is 5.34. The molecule has 2 aliphatic rings. The number of ether oxygens (including phenoxy) is 2. The lowest BCUT2D eigenvalue weighted by Gasteiger charge is -2.31. The van der Waals surface area contributed by atoms with Crippen molar-refractivity contribution in [2.24, 2.45) is 0 Å². The summed E-state index contributed by atoms with van der Waals surface area (Å²) in [5.74, 6) is 1.58. The minimum Gasteiger partial charge on any atom is -0.486 e. The number of fused-ring (bicyclic) bond motifs is 1. The zero-order chi connectivity index (χ0) is 20.2. The average molecular weight is 413 g/mol. The van der Waals surface area contributed by atoms with Crippen molar-refractivity contribution >= 4 is 17.2 Å². The summed E-state index contributed by atoms with van der Waals surface area (Å²) in [5.41, 5.74) is 2.40. The Labute approximate surface area is 176 Å². The molecule has 1 fully saturated rings. The predicted molar refractivity (Wildman–Crippen MR) is 117 cm³/mol. The molecule has 0 unspecified atom stereocenters. The van der Waals surface area contributed by atoms with Gasteiger partial charge in [-0.15, -0.1) is 11.3 Å². The Morgan fingerprint density at radius 1 is 1.14 bits per heavy atom. The van der Waals surface area contributed by atoms with Gasteiger partial charge in [-0.25, -0.2) is 0 Å². The summed E-state index contributed by atoms with van der Waals surface area (Å²) in [4.78, 5) is 17.0. The first-order valence-electron chi connectivity index (χ1n) is 10.2. The highest BCUT2D eigenvalue weighted by molar-refractivity contribution is 7.17. The van der Waals surface area contributed by atoms with Gasteiger partial charge >= 0.3 is 0 Å². The third kappa shape index (κ3) is 5.00. The summed E-state index contributed by atoms with van der Waals surface area (Å²) in [5, 5.41) is 3.22. The lowest BCUT2D eigenvalue weighted by atomic mass is 10.0. The molecule has 1 aromatic carbocycles. The van der Waals surface area contributed by atoms with Crippen LogP contribution in [0.1, 0.15) is 36.4 Å². The normalized spacial score (nSPS) is 17.0. The largest absolute Gasteiger partial charge is 0.486 e. The lowest BCUT2D eigenvalue weighted by Crippen LogP contribution is -2.44. The quantitative estimate of drug-likeness (QED) is 0.742. The molecule has 0 radical (unpaired) electrons. The van der Waals surface area contributed by atoms with Crippen molar-refractivity contribution in [2.75, 3.05) is 32.8 Å². The van der Waals surface area contributed by atoms with Crippen LogP contribution in [0.15, 0.2) is 42.0 Å². The van der Waals surface area contributed by atoms with Crippen LogP contribution in [0.2, 0.25) is 0 Å². The van der Waals surface area contributed by atoms with Crippen molar-refractivity contribution in [3.63, 3.8) is 0 Å². The Kier molecular flexibility index (Phi) is 6.21. The smallest absolute Gasteiger partial charge is 0.261 e. The molecule has 0 atom stereocenters. The number of rotatable bonds is 5. The zero-order valence-corrected chi connectivity index (χ0v) is 17.9. The van der Waals surface area contributed by atoms with Crippen molar-refractivity contribution in [3.8, 4) is 21.9 Å². The molecule has 0 bridgehead atoms. The van der Waals surface area contributed by atoms with Crippen molar-refractivity contribution < 1.29 is 14.3 Å². The van der Waals surface area contributed by atoms with E-state index >= 15 is 0 Å². The van der Waals surface area contributed by atoms with Crippen LogP contribution in [0.4, 0.5) is 0 Å². The molecule has 0 saturated carbocycles. The fraction of sp³-hybridized carbons (Fsp3) is 0.435. The second-order valence-corrected chi connectivity index (χ2v) is 8.94. The van der Waals surface area contributed by atoms with Gasteiger partial charge in [-0.05, 0) is 62.6 Å². The van der Waals surface area contributed by atoms with E-state index in [1.165, 1.54) is 16.9 Å². The average Bonchev–Trinajstić information content (AvgIpc) is 3.23. The van der Waals surface area contributed by atoms with Crippen molar-refractivity contribution in [1.82, 2.24) is 10.2 Å². The molecule has 1 amide bonds. The Hall–Kier alpha value is -2.31. The molecular weight excluding hydrogens is 384 g/mol. The number of hydrogen-bond acceptors (Lipinski definition) is 5. The van der Waals surface area contributed by atoms with Gasteiger partial charge in [0.05, 0.1) is 4.88 Å². The van der Waals surface area contributed by atoms with Gasteiger partial charge in [0, 0.05) is 30.6 Å². The van der Waals surface area contributed by atoms with Gasteiger partial charge < -0.3 is 14.8 Å².